The van der Waals surface area contributed by atoms with Gasteiger partial charge in [0, 0.05) is 5.92 Å². The van der Waals surface area contributed by atoms with E-state index in [9.17, 15) is 18.0 Å². The zero-order valence-electron chi connectivity index (χ0n) is 21.6. The van der Waals surface area contributed by atoms with Crippen molar-refractivity contribution in [2.24, 2.45) is 5.73 Å². The van der Waals surface area contributed by atoms with Gasteiger partial charge in [-0.25, -0.2) is 22.7 Å². The summed E-state index contributed by atoms with van der Waals surface area (Å²) in [4.78, 5) is 23.5. The average molecular weight is 555 g/mol. The molecule has 2 aromatic carbocycles. The average Bonchev–Trinajstić information content (AvgIpc) is 3.33. The fraction of sp³-hybridized carbons (Fsp3) is 0.296. The Morgan fingerprint density at radius 3 is 2.56 bits per heavy atom. The largest absolute Gasteiger partial charge is 0.434 e. The van der Waals surface area contributed by atoms with E-state index in [4.69, 9.17) is 15.3 Å². The number of primary amides is 1. The van der Waals surface area contributed by atoms with Crippen LogP contribution in [-0.2, 0) is 10.0 Å². The Morgan fingerprint density at radius 1 is 1.26 bits per heavy atom. The minimum atomic E-state index is -4.59. The molecule has 0 bridgehead atoms. The standard InChI is InChI=1S/C27H27FN4O6S/c1-5-7-18(8-6-13-33)19-10-11-20(25(29)34)22(14-19)39(36,37)32-24(26-30-31-27(35)38-26)17(4)23-16(3)15(2)9-12-21(23)28/h9-12,14,17-18,24,32-33H,13H2,1-4H3,(H2,29,34)(H,31,35). The van der Waals surface area contributed by atoms with Gasteiger partial charge in [-0.15, -0.1) is 11.0 Å². The van der Waals surface area contributed by atoms with Crippen LogP contribution in [0.5, 0.6) is 0 Å². The van der Waals surface area contributed by atoms with Crippen molar-refractivity contribution in [3.8, 4) is 23.7 Å². The summed E-state index contributed by atoms with van der Waals surface area (Å²) in [5.74, 6) is 6.16. The van der Waals surface area contributed by atoms with Gasteiger partial charge in [-0.3, -0.25) is 4.79 Å². The van der Waals surface area contributed by atoms with Crippen LogP contribution in [0.3, 0.4) is 0 Å². The molecule has 204 valence electrons. The number of halogens is 1. The number of carbonyl (C=O) groups excluding carboxylic acids is 1. The van der Waals surface area contributed by atoms with Gasteiger partial charge in [0.15, 0.2) is 0 Å². The van der Waals surface area contributed by atoms with Gasteiger partial charge in [-0.05, 0) is 61.2 Å². The number of aryl methyl sites for hydroxylation is 1. The van der Waals surface area contributed by atoms with Crippen molar-refractivity contribution in [3.05, 3.63) is 80.4 Å². The lowest BCUT2D eigenvalue weighted by molar-refractivity contribution is 0.0997. The Labute approximate surface area is 224 Å². The summed E-state index contributed by atoms with van der Waals surface area (Å²) in [5, 5.41) is 14.9. The number of nitrogens with one attached hydrogen (secondary N) is 2. The first-order chi connectivity index (χ1) is 18.4. The molecular formula is C27H27FN4O6S. The summed E-state index contributed by atoms with van der Waals surface area (Å²) in [6, 6.07) is 5.37. The summed E-state index contributed by atoms with van der Waals surface area (Å²) < 4.78 is 50.1. The molecule has 3 unspecified atom stereocenters. The van der Waals surface area contributed by atoms with Gasteiger partial charge in [-0.1, -0.05) is 36.8 Å². The first kappa shape index (κ1) is 29.3. The third-order valence-electron chi connectivity index (χ3n) is 6.20. The van der Waals surface area contributed by atoms with Crippen LogP contribution in [-0.4, -0.2) is 36.2 Å². The molecule has 1 amide bonds. The Balaban J connectivity index is 2.19. The van der Waals surface area contributed by atoms with E-state index < -0.39 is 56.9 Å². The topological polar surface area (TPSA) is 168 Å². The molecule has 0 saturated carbocycles. The number of sulfonamides is 1. The van der Waals surface area contributed by atoms with Crippen molar-refractivity contribution in [2.45, 2.75) is 50.5 Å². The number of aliphatic hydroxyl groups is 1. The quantitative estimate of drug-likeness (QED) is 0.309. The molecule has 0 radical (unpaired) electrons. The van der Waals surface area contributed by atoms with Crippen LogP contribution >= 0.6 is 0 Å². The number of rotatable bonds is 8. The summed E-state index contributed by atoms with van der Waals surface area (Å²) in [6.07, 6.45) is 0. The predicted octanol–water partition coefficient (Wildman–Crippen LogP) is 2.14. The Kier molecular flexibility index (Phi) is 9.09. The number of benzene rings is 2. The van der Waals surface area contributed by atoms with Crippen LogP contribution < -0.4 is 16.2 Å². The fourth-order valence-electron chi connectivity index (χ4n) is 4.14. The second-order valence-corrected chi connectivity index (χ2v) is 10.4. The minimum absolute atomic E-state index is 0.190. The molecule has 0 saturated heterocycles. The molecule has 3 aromatic rings. The van der Waals surface area contributed by atoms with Crippen molar-refractivity contribution < 1.29 is 27.1 Å². The highest BCUT2D eigenvalue weighted by molar-refractivity contribution is 7.89. The van der Waals surface area contributed by atoms with Gasteiger partial charge in [-0.2, -0.15) is 4.72 Å². The number of aromatic nitrogens is 2. The molecule has 0 spiro atoms. The molecular weight excluding hydrogens is 527 g/mol. The third-order valence-corrected chi connectivity index (χ3v) is 7.68. The number of H-pyrrole nitrogens is 1. The summed E-state index contributed by atoms with van der Waals surface area (Å²) in [6.45, 7) is 6.15. The van der Waals surface area contributed by atoms with Crippen molar-refractivity contribution in [2.75, 3.05) is 6.61 Å². The lowest BCUT2D eigenvalue weighted by atomic mass is 9.88. The summed E-state index contributed by atoms with van der Waals surface area (Å²) in [5.41, 5.74) is 7.02. The van der Waals surface area contributed by atoms with E-state index in [1.807, 2.05) is 0 Å². The van der Waals surface area contributed by atoms with E-state index >= 15 is 4.39 Å². The number of aromatic amines is 1. The van der Waals surface area contributed by atoms with Crippen molar-refractivity contribution in [1.82, 2.24) is 14.9 Å². The van der Waals surface area contributed by atoms with Crippen LogP contribution in [0.15, 0.2) is 44.4 Å². The molecule has 0 aliphatic carbocycles. The summed E-state index contributed by atoms with van der Waals surface area (Å²) in [7, 11) is -4.59. The number of amides is 1. The third kappa shape index (κ3) is 6.44. The van der Waals surface area contributed by atoms with E-state index in [1.54, 1.807) is 33.8 Å². The second kappa shape index (κ2) is 12.1. The molecule has 39 heavy (non-hydrogen) atoms. The van der Waals surface area contributed by atoms with E-state index in [0.717, 1.165) is 5.56 Å². The fourth-order valence-corrected chi connectivity index (χ4v) is 5.66. The van der Waals surface area contributed by atoms with E-state index in [2.05, 4.69) is 38.6 Å². The number of hydrogen-bond acceptors (Lipinski definition) is 7. The monoisotopic (exact) mass is 554 g/mol. The Bertz CT molecular complexity index is 1690. The molecule has 10 nitrogen and oxygen atoms in total. The normalized spacial score (nSPS) is 13.4. The first-order valence-corrected chi connectivity index (χ1v) is 13.2. The molecule has 1 aromatic heterocycles. The highest BCUT2D eigenvalue weighted by atomic mass is 32.2. The smallest absolute Gasteiger partial charge is 0.391 e. The van der Waals surface area contributed by atoms with Crippen LogP contribution in [0.4, 0.5) is 4.39 Å². The highest BCUT2D eigenvalue weighted by Crippen LogP contribution is 2.35. The molecule has 3 rings (SSSR count). The lowest BCUT2D eigenvalue weighted by Gasteiger charge is -2.25. The maximum atomic E-state index is 15.0. The van der Waals surface area contributed by atoms with Gasteiger partial charge in [0.25, 0.3) is 0 Å². The number of nitrogens with two attached hydrogens (primary N) is 1. The van der Waals surface area contributed by atoms with Crippen LogP contribution in [0.25, 0.3) is 0 Å². The van der Waals surface area contributed by atoms with Crippen molar-refractivity contribution >= 4 is 15.9 Å². The van der Waals surface area contributed by atoms with Crippen LogP contribution in [0.2, 0.25) is 0 Å². The molecule has 12 heteroatoms. The second-order valence-electron chi connectivity index (χ2n) is 8.67. The SMILES string of the molecule is CC#CC(C#CCO)c1ccc(C(N)=O)c(S(=O)(=O)NC(c2n[nH]c(=O)o2)C(C)c2c(F)ccc(C)c2C)c1. The van der Waals surface area contributed by atoms with E-state index in [0.29, 0.717) is 11.1 Å². The summed E-state index contributed by atoms with van der Waals surface area (Å²) >= 11 is 0. The molecule has 0 aliphatic heterocycles. The zero-order valence-corrected chi connectivity index (χ0v) is 22.4. The Morgan fingerprint density at radius 2 is 1.97 bits per heavy atom. The van der Waals surface area contributed by atoms with Gasteiger partial charge < -0.3 is 15.3 Å². The lowest BCUT2D eigenvalue weighted by Crippen LogP contribution is -2.34. The molecule has 5 N–H and O–H groups in total. The number of aliphatic hydroxyl groups excluding tert-OH is 1. The van der Waals surface area contributed by atoms with Crippen molar-refractivity contribution in [3.63, 3.8) is 0 Å². The van der Waals surface area contributed by atoms with Gasteiger partial charge in [0.2, 0.25) is 21.8 Å². The maximum absolute atomic E-state index is 15.0. The van der Waals surface area contributed by atoms with Gasteiger partial charge in [0.1, 0.15) is 24.4 Å². The van der Waals surface area contributed by atoms with E-state index in [1.165, 1.54) is 24.3 Å². The first-order valence-electron chi connectivity index (χ1n) is 11.7. The van der Waals surface area contributed by atoms with Crippen LogP contribution in [0.1, 0.15) is 70.2 Å². The van der Waals surface area contributed by atoms with Gasteiger partial charge >= 0.3 is 5.76 Å². The van der Waals surface area contributed by atoms with Crippen LogP contribution in [0, 0.1) is 43.3 Å². The molecule has 3 atom stereocenters. The Hall–Kier alpha value is -4.23. The highest BCUT2D eigenvalue weighted by Gasteiger charge is 2.35. The number of hydrogen-bond donors (Lipinski definition) is 4. The molecule has 1 heterocycles. The number of nitrogens with zero attached hydrogens (tertiary/aromatic N) is 1. The van der Waals surface area contributed by atoms with E-state index in [-0.39, 0.29) is 17.0 Å². The minimum Gasteiger partial charge on any atom is -0.391 e. The maximum Gasteiger partial charge on any atom is 0.434 e. The predicted molar refractivity (Wildman–Crippen MR) is 140 cm³/mol. The van der Waals surface area contributed by atoms with Gasteiger partial charge in [0.05, 0.1) is 10.5 Å². The zero-order chi connectivity index (χ0) is 28.9. The number of carbonyl (C=O) groups is 1. The molecule has 0 aliphatic rings. The molecule has 0 fully saturated rings. The van der Waals surface area contributed by atoms with Crippen molar-refractivity contribution in [1.29, 1.82) is 0 Å².